The Hall–Kier alpha value is -1.19. The minimum absolute atomic E-state index is 0.0500. The van der Waals surface area contributed by atoms with Crippen LogP contribution in [0.4, 0.5) is 0 Å². The van der Waals surface area contributed by atoms with Crippen molar-refractivity contribution in [2.75, 3.05) is 6.61 Å². The number of benzene rings is 1. The summed E-state index contributed by atoms with van der Waals surface area (Å²) in [5.41, 5.74) is 2.14. The van der Waals surface area contributed by atoms with E-state index >= 15 is 0 Å². The number of hydrogen-bond donors (Lipinski definition) is 1. The molecule has 0 saturated carbocycles. The van der Waals surface area contributed by atoms with E-state index in [-0.39, 0.29) is 17.9 Å². The van der Waals surface area contributed by atoms with Gasteiger partial charge in [-0.05, 0) is 19.1 Å². The molecule has 0 aromatic heterocycles. The number of aryl methyl sites for hydroxylation is 1. The first kappa shape index (κ1) is 12.9. The van der Waals surface area contributed by atoms with E-state index < -0.39 is 5.97 Å². The van der Waals surface area contributed by atoms with Crippen LogP contribution >= 0.6 is 23.2 Å². The molecule has 0 fully saturated rings. The zero-order valence-corrected chi connectivity index (χ0v) is 10.0. The van der Waals surface area contributed by atoms with Crippen LogP contribution in [0.1, 0.15) is 15.9 Å². The topological polar surface area (TPSA) is 46.5 Å². The largest absolute Gasteiger partial charge is 0.487 e. The highest BCUT2D eigenvalue weighted by molar-refractivity contribution is 6.36. The number of halogens is 2. The van der Waals surface area contributed by atoms with E-state index in [0.717, 1.165) is 5.56 Å². The van der Waals surface area contributed by atoms with Crippen molar-refractivity contribution in [1.29, 1.82) is 0 Å². The Labute approximate surface area is 103 Å². The summed E-state index contributed by atoms with van der Waals surface area (Å²) in [5.74, 6) is -0.764. The SMILES string of the molecule is Cc1ccc(OCC(Cl)=CCl)c(C(=O)O)c1. The van der Waals surface area contributed by atoms with E-state index in [0.29, 0.717) is 5.03 Å². The highest BCUT2D eigenvalue weighted by Crippen LogP contribution is 2.21. The summed E-state index contributed by atoms with van der Waals surface area (Å²) in [5, 5.41) is 9.26. The summed E-state index contributed by atoms with van der Waals surface area (Å²) in [4.78, 5) is 10.9. The maximum Gasteiger partial charge on any atom is 0.339 e. The lowest BCUT2D eigenvalue weighted by molar-refractivity contribution is 0.0692. The van der Waals surface area contributed by atoms with Crippen LogP contribution < -0.4 is 4.74 Å². The Bertz CT molecular complexity index is 427. The molecule has 0 aliphatic heterocycles. The summed E-state index contributed by atoms with van der Waals surface area (Å²) in [7, 11) is 0. The number of carboxylic acids is 1. The van der Waals surface area contributed by atoms with Crippen molar-refractivity contribution >= 4 is 29.2 Å². The molecule has 5 heteroatoms. The lowest BCUT2D eigenvalue weighted by Gasteiger charge is -2.08. The van der Waals surface area contributed by atoms with Crippen molar-refractivity contribution in [3.8, 4) is 5.75 Å². The third kappa shape index (κ3) is 3.43. The fourth-order valence-corrected chi connectivity index (χ4v) is 1.23. The summed E-state index contributed by atoms with van der Waals surface area (Å²) in [6, 6.07) is 4.90. The first-order valence-electron chi connectivity index (χ1n) is 4.46. The Morgan fingerprint density at radius 2 is 2.25 bits per heavy atom. The van der Waals surface area contributed by atoms with Gasteiger partial charge in [0.2, 0.25) is 0 Å². The van der Waals surface area contributed by atoms with Crippen molar-refractivity contribution in [3.05, 3.63) is 39.9 Å². The number of hydrogen-bond acceptors (Lipinski definition) is 2. The molecule has 3 nitrogen and oxygen atoms in total. The van der Waals surface area contributed by atoms with E-state index in [2.05, 4.69) is 0 Å². The fourth-order valence-electron chi connectivity index (χ4n) is 1.12. The first-order chi connectivity index (χ1) is 7.54. The Kier molecular flexibility index (Phi) is 4.65. The Balaban J connectivity index is 2.91. The summed E-state index contributed by atoms with van der Waals surface area (Å²) < 4.78 is 5.24. The van der Waals surface area contributed by atoms with Gasteiger partial charge in [0, 0.05) is 5.54 Å². The van der Waals surface area contributed by atoms with E-state index in [9.17, 15) is 4.79 Å². The van der Waals surface area contributed by atoms with Gasteiger partial charge in [0.25, 0.3) is 0 Å². The van der Waals surface area contributed by atoms with Gasteiger partial charge in [-0.2, -0.15) is 0 Å². The molecule has 1 aromatic rings. The first-order valence-corrected chi connectivity index (χ1v) is 5.27. The van der Waals surface area contributed by atoms with Crippen molar-refractivity contribution in [3.63, 3.8) is 0 Å². The molecule has 1 N–H and O–H groups in total. The molecule has 86 valence electrons. The summed E-state index contributed by atoms with van der Waals surface area (Å²) in [6.07, 6.45) is 0. The maximum atomic E-state index is 10.9. The van der Waals surface area contributed by atoms with Crippen LogP contribution in [0.15, 0.2) is 28.8 Å². The molecule has 0 aliphatic carbocycles. The van der Waals surface area contributed by atoms with Crippen LogP contribution in [-0.4, -0.2) is 17.7 Å². The zero-order valence-electron chi connectivity index (χ0n) is 8.54. The second-order valence-electron chi connectivity index (χ2n) is 3.15. The Morgan fingerprint density at radius 1 is 1.56 bits per heavy atom. The molecule has 0 bridgehead atoms. The van der Waals surface area contributed by atoms with Gasteiger partial charge >= 0.3 is 5.97 Å². The number of ether oxygens (including phenoxy) is 1. The van der Waals surface area contributed by atoms with Crippen molar-refractivity contribution in [2.45, 2.75) is 6.92 Å². The molecule has 0 radical (unpaired) electrons. The van der Waals surface area contributed by atoms with Crippen LogP contribution in [-0.2, 0) is 0 Å². The third-order valence-electron chi connectivity index (χ3n) is 1.85. The summed E-state index contributed by atoms with van der Waals surface area (Å²) >= 11 is 11.0. The van der Waals surface area contributed by atoms with Crippen LogP contribution in [0.3, 0.4) is 0 Å². The normalized spacial score (nSPS) is 11.3. The van der Waals surface area contributed by atoms with Gasteiger partial charge in [-0.25, -0.2) is 4.79 Å². The van der Waals surface area contributed by atoms with Gasteiger partial charge in [-0.1, -0.05) is 34.8 Å². The third-order valence-corrected chi connectivity index (χ3v) is 2.44. The molecule has 0 heterocycles. The maximum absolute atomic E-state index is 10.9. The number of rotatable bonds is 4. The molecule has 0 aliphatic rings. The van der Waals surface area contributed by atoms with Gasteiger partial charge in [-0.3, -0.25) is 0 Å². The molecule has 0 atom stereocenters. The van der Waals surface area contributed by atoms with Gasteiger partial charge in [-0.15, -0.1) is 0 Å². The average Bonchev–Trinajstić information content (AvgIpc) is 2.26. The molecular formula is C11H10Cl2O3. The van der Waals surface area contributed by atoms with E-state index in [1.165, 1.54) is 11.6 Å². The fraction of sp³-hybridized carbons (Fsp3) is 0.182. The predicted molar refractivity (Wildman–Crippen MR) is 63.4 cm³/mol. The molecule has 1 rings (SSSR count). The van der Waals surface area contributed by atoms with Gasteiger partial charge in [0.1, 0.15) is 17.9 Å². The van der Waals surface area contributed by atoms with Gasteiger partial charge in [0.05, 0.1) is 5.03 Å². The second kappa shape index (κ2) is 5.77. The van der Waals surface area contributed by atoms with Crippen molar-refractivity contribution in [1.82, 2.24) is 0 Å². The molecule has 16 heavy (non-hydrogen) atoms. The van der Waals surface area contributed by atoms with Crippen LogP contribution in [0.2, 0.25) is 0 Å². The quantitative estimate of drug-likeness (QED) is 0.903. The number of carbonyl (C=O) groups is 1. The highest BCUT2D eigenvalue weighted by atomic mass is 35.5. The van der Waals surface area contributed by atoms with Gasteiger partial charge < -0.3 is 9.84 Å². The second-order valence-corrected chi connectivity index (χ2v) is 3.85. The lowest BCUT2D eigenvalue weighted by Crippen LogP contribution is -2.04. The minimum Gasteiger partial charge on any atom is -0.487 e. The molecule has 0 saturated heterocycles. The molecule has 1 aromatic carbocycles. The lowest BCUT2D eigenvalue weighted by atomic mass is 10.1. The molecular weight excluding hydrogens is 251 g/mol. The van der Waals surface area contributed by atoms with Crippen molar-refractivity contribution < 1.29 is 14.6 Å². The minimum atomic E-state index is -1.04. The predicted octanol–water partition coefficient (Wildman–Crippen LogP) is 3.39. The monoisotopic (exact) mass is 260 g/mol. The van der Waals surface area contributed by atoms with E-state index in [4.69, 9.17) is 33.0 Å². The summed E-state index contributed by atoms with van der Waals surface area (Å²) in [6.45, 7) is 1.86. The smallest absolute Gasteiger partial charge is 0.339 e. The average molecular weight is 261 g/mol. The van der Waals surface area contributed by atoms with E-state index in [1.807, 2.05) is 6.92 Å². The molecule has 0 unspecified atom stereocenters. The van der Waals surface area contributed by atoms with Crippen LogP contribution in [0.25, 0.3) is 0 Å². The Morgan fingerprint density at radius 3 is 2.81 bits per heavy atom. The van der Waals surface area contributed by atoms with E-state index in [1.54, 1.807) is 12.1 Å². The number of carboxylic acid groups (broad SMARTS) is 1. The van der Waals surface area contributed by atoms with Crippen LogP contribution in [0, 0.1) is 6.92 Å². The van der Waals surface area contributed by atoms with Crippen molar-refractivity contribution in [2.24, 2.45) is 0 Å². The number of aromatic carboxylic acids is 1. The van der Waals surface area contributed by atoms with Gasteiger partial charge in [0.15, 0.2) is 0 Å². The molecule has 0 spiro atoms. The van der Waals surface area contributed by atoms with Crippen LogP contribution in [0.5, 0.6) is 5.75 Å². The zero-order chi connectivity index (χ0) is 12.1. The molecule has 0 amide bonds. The highest BCUT2D eigenvalue weighted by Gasteiger charge is 2.11. The standard InChI is InChI=1S/C11H10Cl2O3/c1-7-2-3-10(9(4-7)11(14)15)16-6-8(13)5-12/h2-5H,6H2,1H3,(H,14,15).